The number of piperidine rings is 1. The molecule has 4 aliphatic rings. The highest BCUT2D eigenvalue weighted by Crippen LogP contribution is 2.44. The van der Waals surface area contributed by atoms with Gasteiger partial charge >= 0.3 is 0 Å². The van der Waals surface area contributed by atoms with Crippen LogP contribution in [0, 0.1) is 0 Å². The van der Waals surface area contributed by atoms with Crippen LogP contribution in [-0.2, 0) is 20.8 Å². The largest absolute Gasteiger partial charge is 0.465 e. The monoisotopic (exact) mass is 404 g/mol. The smallest absolute Gasteiger partial charge is 0.293 e. The first kappa shape index (κ1) is 19.2. The molecular weight excluding hydrogens is 376 g/mol. The number of ether oxygens (including phenoxy) is 2. The number of hydrogen-bond acceptors (Lipinski definition) is 4. The Hall–Kier alpha value is -2.79. The van der Waals surface area contributed by atoms with E-state index >= 15 is 0 Å². The van der Waals surface area contributed by atoms with Gasteiger partial charge in [0.2, 0.25) is 5.76 Å². The van der Waals surface area contributed by atoms with E-state index in [9.17, 15) is 4.79 Å². The number of amides is 1. The van der Waals surface area contributed by atoms with Gasteiger partial charge in [0.1, 0.15) is 12.5 Å². The molecule has 2 atom stereocenters. The van der Waals surface area contributed by atoms with Crippen molar-refractivity contribution in [2.24, 2.45) is 5.73 Å². The Kier molecular flexibility index (Phi) is 5.21. The third kappa shape index (κ3) is 3.58. The predicted molar refractivity (Wildman–Crippen MR) is 115 cm³/mol. The van der Waals surface area contributed by atoms with Crippen molar-refractivity contribution in [2.75, 3.05) is 0 Å². The Morgan fingerprint density at radius 3 is 2.53 bits per heavy atom. The minimum absolute atomic E-state index is 0.0445. The van der Waals surface area contributed by atoms with Crippen LogP contribution in [0.5, 0.6) is 0 Å². The number of hydrogen-bond donors (Lipinski definition) is 1. The molecule has 1 aromatic carbocycles. The van der Waals surface area contributed by atoms with E-state index < -0.39 is 0 Å². The van der Waals surface area contributed by atoms with Crippen LogP contribution < -0.4 is 5.73 Å². The first-order valence-corrected chi connectivity index (χ1v) is 10.9. The Bertz CT molecular complexity index is 928. The van der Waals surface area contributed by atoms with Crippen LogP contribution in [0.15, 0.2) is 72.1 Å². The summed E-state index contributed by atoms with van der Waals surface area (Å²) < 4.78 is 11.5. The van der Waals surface area contributed by atoms with Crippen LogP contribution in [0.2, 0.25) is 0 Å². The van der Waals surface area contributed by atoms with Gasteiger partial charge in [0.05, 0.1) is 0 Å². The molecule has 0 spiro atoms. The van der Waals surface area contributed by atoms with E-state index in [4.69, 9.17) is 15.2 Å². The molecule has 2 N–H and O–H groups in total. The van der Waals surface area contributed by atoms with Gasteiger partial charge in [0.15, 0.2) is 5.76 Å². The molecule has 2 saturated heterocycles. The number of benzene rings is 1. The lowest BCUT2D eigenvalue weighted by Crippen LogP contribution is -2.47. The first-order chi connectivity index (χ1) is 14.7. The summed E-state index contributed by atoms with van der Waals surface area (Å²) in [5.74, 6) is 1.39. The minimum atomic E-state index is -0.0445. The van der Waals surface area contributed by atoms with Crippen molar-refractivity contribution < 1.29 is 14.3 Å². The lowest BCUT2D eigenvalue weighted by atomic mass is 9.84. The molecule has 2 unspecified atom stereocenters. The maximum absolute atomic E-state index is 13.3. The topological polar surface area (TPSA) is 64.8 Å². The Labute approximate surface area is 177 Å². The first-order valence-electron chi connectivity index (χ1n) is 10.9. The van der Waals surface area contributed by atoms with Crippen LogP contribution in [-0.4, -0.2) is 22.9 Å². The fourth-order valence-electron chi connectivity index (χ4n) is 5.20. The number of nitrogens with two attached hydrogens (primary N) is 1. The highest BCUT2D eigenvalue weighted by atomic mass is 16.5. The summed E-state index contributed by atoms with van der Waals surface area (Å²) in [5, 5.41) is 0. The van der Waals surface area contributed by atoms with Crippen molar-refractivity contribution in [1.29, 1.82) is 0 Å². The number of allylic oxidation sites excluding steroid dienone is 4. The van der Waals surface area contributed by atoms with Gasteiger partial charge in [-0.1, -0.05) is 42.5 Å². The average Bonchev–Trinajstić information content (AvgIpc) is 3.08. The SMILES string of the molecule is NCc1ccc(C2CC3CCC(C2)N3C(=O)C2=COC=C(C3=CC=CCC3)O2)cc1. The molecule has 1 aromatic rings. The summed E-state index contributed by atoms with van der Waals surface area (Å²) in [6.07, 6.45) is 15.2. The molecule has 0 aromatic heterocycles. The normalized spacial score (nSPS) is 27.6. The summed E-state index contributed by atoms with van der Waals surface area (Å²) in [5.41, 5.74) is 9.31. The van der Waals surface area contributed by atoms with Gasteiger partial charge in [0, 0.05) is 18.6 Å². The van der Waals surface area contributed by atoms with Gasteiger partial charge < -0.3 is 20.1 Å². The number of carbonyl (C=O) groups excluding carboxylic acids is 1. The maximum Gasteiger partial charge on any atom is 0.293 e. The summed E-state index contributed by atoms with van der Waals surface area (Å²) in [4.78, 5) is 15.4. The van der Waals surface area contributed by atoms with Crippen molar-refractivity contribution in [3.8, 4) is 0 Å². The van der Waals surface area contributed by atoms with Crippen molar-refractivity contribution in [1.82, 2.24) is 4.90 Å². The molecular formula is C25H28N2O3. The molecule has 0 saturated carbocycles. The van der Waals surface area contributed by atoms with Crippen LogP contribution >= 0.6 is 0 Å². The zero-order valence-corrected chi connectivity index (χ0v) is 17.1. The molecule has 1 aliphatic carbocycles. The molecule has 2 fully saturated rings. The standard InChI is InChI=1S/C25H28N2O3/c26-14-17-6-8-18(9-7-17)20-12-21-10-11-22(13-20)27(21)25(28)24-16-29-15-23(30-24)19-4-2-1-3-5-19/h1-2,4,6-9,15-16,20-22H,3,5,10-14,26H2. The summed E-state index contributed by atoms with van der Waals surface area (Å²) >= 11 is 0. The molecule has 5 rings (SSSR count). The lowest BCUT2D eigenvalue weighted by molar-refractivity contribution is -0.135. The molecule has 2 bridgehead atoms. The second-order valence-corrected chi connectivity index (χ2v) is 8.57. The molecule has 5 heteroatoms. The van der Waals surface area contributed by atoms with Gasteiger partial charge in [-0.2, -0.15) is 0 Å². The molecule has 3 aliphatic heterocycles. The van der Waals surface area contributed by atoms with Crippen LogP contribution in [0.4, 0.5) is 0 Å². The number of nitrogens with zero attached hydrogens (tertiary/aromatic N) is 1. The zero-order chi connectivity index (χ0) is 20.5. The Morgan fingerprint density at radius 2 is 1.87 bits per heavy atom. The van der Waals surface area contributed by atoms with Crippen LogP contribution in [0.3, 0.4) is 0 Å². The Morgan fingerprint density at radius 1 is 1.10 bits per heavy atom. The van der Waals surface area contributed by atoms with E-state index in [1.165, 1.54) is 11.8 Å². The summed E-state index contributed by atoms with van der Waals surface area (Å²) in [7, 11) is 0. The van der Waals surface area contributed by atoms with E-state index in [-0.39, 0.29) is 18.0 Å². The second kappa shape index (κ2) is 8.15. The number of rotatable bonds is 4. The summed E-state index contributed by atoms with van der Waals surface area (Å²) in [6, 6.07) is 9.16. The second-order valence-electron chi connectivity index (χ2n) is 8.57. The zero-order valence-electron chi connectivity index (χ0n) is 17.1. The van der Waals surface area contributed by atoms with Gasteiger partial charge in [-0.05, 0) is 61.1 Å². The van der Waals surface area contributed by atoms with Crippen LogP contribution in [0.1, 0.15) is 55.6 Å². The average molecular weight is 405 g/mol. The van der Waals surface area contributed by atoms with Crippen molar-refractivity contribution >= 4 is 5.91 Å². The lowest BCUT2D eigenvalue weighted by Gasteiger charge is -2.39. The molecule has 3 heterocycles. The fourth-order valence-corrected chi connectivity index (χ4v) is 5.20. The van der Waals surface area contributed by atoms with Crippen molar-refractivity contribution in [3.63, 3.8) is 0 Å². The van der Waals surface area contributed by atoms with E-state index in [0.29, 0.717) is 24.0 Å². The van der Waals surface area contributed by atoms with Gasteiger partial charge in [-0.3, -0.25) is 4.79 Å². The third-order valence-corrected chi connectivity index (χ3v) is 6.77. The molecule has 156 valence electrons. The Balaban J connectivity index is 1.28. The van der Waals surface area contributed by atoms with Crippen LogP contribution in [0.25, 0.3) is 0 Å². The number of carbonyl (C=O) groups is 1. The predicted octanol–water partition coefficient (Wildman–Crippen LogP) is 4.39. The quantitative estimate of drug-likeness (QED) is 0.808. The fraction of sp³-hybridized carbons (Fsp3) is 0.400. The minimum Gasteiger partial charge on any atom is -0.465 e. The van der Waals surface area contributed by atoms with E-state index in [1.807, 2.05) is 12.2 Å². The van der Waals surface area contributed by atoms with Gasteiger partial charge in [0.25, 0.3) is 5.91 Å². The molecule has 0 radical (unpaired) electrons. The van der Waals surface area contributed by atoms with E-state index in [1.54, 1.807) is 6.26 Å². The van der Waals surface area contributed by atoms with E-state index in [2.05, 4.69) is 35.2 Å². The van der Waals surface area contributed by atoms with Crippen molar-refractivity contribution in [2.45, 2.75) is 63.1 Å². The van der Waals surface area contributed by atoms with Gasteiger partial charge in [-0.25, -0.2) is 0 Å². The van der Waals surface area contributed by atoms with E-state index in [0.717, 1.165) is 49.7 Å². The number of fused-ring (bicyclic) bond motifs is 2. The summed E-state index contributed by atoms with van der Waals surface area (Å²) in [6.45, 7) is 0.569. The molecule has 30 heavy (non-hydrogen) atoms. The third-order valence-electron chi connectivity index (χ3n) is 6.77. The molecule has 5 nitrogen and oxygen atoms in total. The van der Waals surface area contributed by atoms with Crippen molar-refractivity contribution in [3.05, 3.63) is 83.2 Å². The highest BCUT2D eigenvalue weighted by molar-refractivity contribution is 5.92. The van der Waals surface area contributed by atoms with Gasteiger partial charge in [-0.15, -0.1) is 0 Å². The highest BCUT2D eigenvalue weighted by Gasteiger charge is 2.45. The molecule has 1 amide bonds. The maximum atomic E-state index is 13.3.